The van der Waals surface area contributed by atoms with Crippen LogP contribution in [0.1, 0.15) is 5.56 Å². The monoisotopic (exact) mass is 364 g/mol. The van der Waals surface area contributed by atoms with Crippen LogP contribution in [0.25, 0.3) is 10.7 Å². The highest BCUT2D eigenvalue weighted by Crippen LogP contribution is 2.22. The van der Waals surface area contributed by atoms with E-state index in [2.05, 4.69) is 31.2 Å². The highest BCUT2D eigenvalue weighted by Gasteiger charge is 2.08. The Morgan fingerprint density at radius 3 is 2.90 bits per heavy atom. The van der Waals surface area contributed by atoms with E-state index in [9.17, 15) is 0 Å². The first kappa shape index (κ1) is 13.4. The molecule has 3 aromatic rings. The van der Waals surface area contributed by atoms with Crippen LogP contribution < -0.4 is 0 Å². The van der Waals surface area contributed by atoms with Crippen molar-refractivity contribution in [3.05, 3.63) is 56.6 Å². The minimum absolute atomic E-state index is 0.469. The average molecular weight is 365 g/mol. The molecule has 4 nitrogen and oxygen atoms in total. The summed E-state index contributed by atoms with van der Waals surface area (Å²) in [5.41, 5.74) is 0.979. The number of aromatic nitrogens is 3. The lowest BCUT2D eigenvalue weighted by Crippen LogP contribution is -1.94. The van der Waals surface area contributed by atoms with E-state index in [1.807, 2.05) is 41.8 Å². The van der Waals surface area contributed by atoms with Gasteiger partial charge in [-0.2, -0.15) is 14.9 Å². The minimum Gasteiger partial charge on any atom is -0.250 e. The Bertz CT molecular complexity index is 802. The second kappa shape index (κ2) is 5.82. The summed E-state index contributed by atoms with van der Waals surface area (Å²) in [6, 6.07) is 11.8. The van der Waals surface area contributed by atoms with Crippen LogP contribution in [0.5, 0.6) is 0 Å². The molecule has 0 fully saturated rings. The Morgan fingerprint density at radius 1 is 1.30 bits per heavy atom. The Kier molecular flexibility index (Phi) is 3.90. The van der Waals surface area contributed by atoms with Crippen LogP contribution in [0.3, 0.4) is 0 Å². The molecule has 7 heteroatoms. The van der Waals surface area contributed by atoms with Crippen molar-refractivity contribution in [3.63, 3.8) is 0 Å². The quantitative estimate of drug-likeness (QED) is 0.555. The van der Waals surface area contributed by atoms with Gasteiger partial charge in [0.05, 0.1) is 11.1 Å². The lowest BCUT2D eigenvalue weighted by molar-refractivity contribution is 0.873. The van der Waals surface area contributed by atoms with Gasteiger partial charge in [0.25, 0.3) is 0 Å². The van der Waals surface area contributed by atoms with E-state index in [1.54, 1.807) is 22.2 Å². The molecule has 100 valence electrons. The van der Waals surface area contributed by atoms with Crippen molar-refractivity contribution in [2.75, 3.05) is 0 Å². The van der Waals surface area contributed by atoms with Crippen molar-refractivity contribution >= 4 is 45.7 Å². The van der Waals surface area contributed by atoms with Gasteiger partial charge in [0.15, 0.2) is 5.82 Å². The van der Waals surface area contributed by atoms with Gasteiger partial charge in [0, 0.05) is 10.0 Å². The molecule has 0 unspecified atom stereocenters. The van der Waals surface area contributed by atoms with Crippen molar-refractivity contribution in [1.82, 2.24) is 14.9 Å². The minimum atomic E-state index is 0.469. The predicted octanol–water partition coefficient (Wildman–Crippen LogP) is 4.31. The summed E-state index contributed by atoms with van der Waals surface area (Å²) in [7, 11) is 0. The summed E-state index contributed by atoms with van der Waals surface area (Å²) in [6.45, 7) is 0. The molecule has 0 aliphatic carbocycles. The number of nitrogens with zero attached hydrogens (tertiary/aromatic N) is 3. The van der Waals surface area contributed by atoms with Gasteiger partial charge in [-0.1, -0.05) is 40.2 Å². The molecule has 20 heavy (non-hydrogen) atoms. The number of aromatic amines is 1. The molecule has 2 aromatic heterocycles. The summed E-state index contributed by atoms with van der Waals surface area (Å²) in [5, 5.41) is 13.4. The zero-order chi connectivity index (χ0) is 13.9. The maximum Gasteiger partial charge on any atom is 0.216 e. The van der Waals surface area contributed by atoms with E-state index in [-0.39, 0.29) is 0 Å². The fourth-order valence-corrected chi connectivity index (χ4v) is 2.93. The normalized spacial score (nSPS) is 11.2. The first-order chi connectivity index (χ1) is 9.75. The van der Waals surface area contributed by atoms with E-state index in [0.717, 1.165) is 14.9 Å². The number of rotatable bonds is 3. The average Bonchev–Trinajstić information content (AvgIpc) is 3.08. The van der Waals surface area contributed by atoms with Crippen molar-refractivity contribution in [1.29, 1.82) is 0 Å². The van der Waals surface area contributed by atoms with E-state index >= 15 is 0 Å². The molecule has 2 heterocycles. The van der Waals surface area contributed by atoms with Crippen molar-refractivity contribution < 1.29 is 0 Å². The van der Waals surface area contributed by atoms with Crippen LogP contribution in [-0.2, 0) is 0 Å². The zero-order valence-corrected chi connectivity index (χ0v) is 13.4. The van der Waals surface area contributed by atoms with Crippen LogP contribution in [0, 0.1) is 4.77 Å². The molecule has 3 rings (SSSR count). The number of H-pyrrole nitrogens is 1. The summed E-state index contributed by atoms with van der Waals surface area (Å²) < 4.78 is 3.08. The van der Waals surface area contributed by atoms with Gasteiger partial charge in [0.2, 0.25) is 4.77 Å². The van der Waals surface area contributed by atoms with Crippen LogP contribution >= 0.6 is 39.5 Å². The second-order valence-corrected chi connectivity index (χ2v) is 6.10. The van der Waals surface area contributed by atoms with Crippen LogP contribution in [0.2, 0.25) is 0 Å². The van der Waals surface area contributed by atoms with Crippen molar-refractivity contribution in [2.24, 2.45) is 5.10 Å². The number of hydrogen-bond acceptors (Lipinski definition) is 4. The molecule has 0 atom stereocenters. The van der Waals surface area contributed by atoms with E-state index in [4.69, 9.17) is 12.2 Å². The number of benzene rings is 1. The lowest BCUT2D eigenvalue weighted by Gasteiger charge is -1.99. The largest absolute Gasteiger partial charge is 0.250 e. The van der Waals surface area contributed by atoms with Crippen molar-refractivity contribution in [2.45, 2.75) is 0 Å². The maximum atomic E-state index is 5.22. The van der Waals surface area contributed by atoms with Gasteiger partial charge in [-0.05, 0) is 29.7 Å². The first-order valence-corrected chi connectivity index (χ1v) is 7.84. The molecule has 0 radical (unpaired) electrons. The zero-order valence-electron chi connectivity index (χ0n) is 10.2. The van der Waals surface area contributed by atoms with Gasteiger partial charge in [-0.25, -0.2) is 5.10 Å². The van der Waals surface area contributed by atoms with Crippen LogP contribution in [-0.4, -0.2) is 21.1 Å². The lowest BCUT2D eigenvalue weighted by atomic mass is 10.2. The molecule has 0 saturated carbocycles. The number of halogens is 1. The van der Waals surface area contributed by atoms with Crippen molar-refractivity contribution in [3.8, 4) is 10.7 Å². The van der Waals surface area contributed by atoms with Gasteiger partial charge >= 0.3 is 0 Å². The first-order valence-electron chi connectivity index (χ1n) is 5.76. The molecule has 0 bridgehead atoms. The van der Waals surface area contributed by atoms with Gasteiger partial charge < -0.3 is 0 Å². The number of nitrogens with one attached hydrogen (secondary N) is 1. The molecule has 0 aliphatic rings. The Balaban J connectivity index is 2.02. The van der Waals surface area contributed by atoms with E-state index in [1.165, 1.54) is 0 Å². The third-order valence-corrected chi connectivity index (χ3v) is 4.46. The molecule has 1 N–H and O–H groups in total. The summed E-state index contributed by atoms with van der Waals surface area (Å²) >= 11 is 10.3. The van der Waals surface area contributed by atoms with Gasteiger partial charge in [-0.3, -0.25) is 0 Å². The fraction of sp³-hybridized carbons (Fsp3) is 0. The smallest absolute Gasteiger partial charge is 0.216 e. The molecule has 0 spiro atoms. The molecule has 1 aromatic carbocycles. The Labute approximate surface area is 132 Å². The van der Waals surface area contributed by atoms with Gasteiger partial charge in [-0.15, -0.1) is 11.3 Å². The molecular weight excluding hydrogens is 356 g/mol. The van der Waals surface area contributed by atoms with E-state index < -0.39 is 0 Å². The summed E-state index contributed by atoms with van der Waals surface area (Å²) in [5.74, 6) is 0.716. The van der Waals surface area contributed by atoms with E-state index in [0.29, 0.717) is 10.6 Å². The number of thiophene rings is 1. The predicted molar refractivity (Wildman–Crippen MR) is 87.9 cm³/mol. The van der Waals surface area contributed by atoms with Gasteiger partial charge in [0.1, 0.15) is 0 Å². The SMILES string of the molecule is S=c1[nH]nc(-c2cccs2)n1/N=C/c1ccccc1Br. The highest BCUT2D eigenvalue weighted by atomic mass is 79.9. The van der Waals surface area contributed by atoms with Crippen LogP contribution in [0.4, 0.5) is 0 Å². The third kappa shape index (κ3) is 2.65. The Morgan fingerprint density at radius 2 is 2.15 bits per heavy atom. The topological polar surface area (TPSA) is 46.0 Å². The maximum absolute atomic E-state index is 5.22. The summed E-state index contributed by atoms with van der Waals surface area (Å²) in [4.78, 5) is 1.02. The summed E-state index contributed by atoms with van der Waals surface area (Å²) in [6.07, 6.45) is 1.76. The second-order valence-electron chi connectivity index (χ2n) is 3.91. The Hall–Kier alpha value is -1.57. The molecular formula is C13H9BrN4S2. The number of hydrogen-bond donors (Lipinski definition) is 1. The van der Waals surface area contributed by atoms with Crippen LogP contribution in [0.15, 0.2) is 51.4 Å². The molecule has 0 aliphatic heterocycles. The fourth-order valence-electron chi connectivity index (χ4n) is 1.66. The molecule has 0 saturated heterocycles. The molecule has 0 amide bonds. The standard InChI is InChI=1S/C13H9BrN4S2/c14-10-5-2-1-4-9(10)8-15-18-12(16-17-13(18)19)11-6-3-7-20-11/h1-8H,(H,17,19)/b15-8+. The highest BCUT2D eigenvalue weighted by molar-refractivity contribution is 9.10. The third-order valence-electron chi connectivity index (χ3n) is 2.61.